The largest absolute Gasteiger partial charge is 0.366 e. The van der Waals surface area contributed by atoms with Crippen molar-refractivity contribution >= 4 is 11.6 Å². The summed E-state index contributed by atoms with van der Waals surface area (Å²) < 4.78 is 42.4. The van der Waals surface area contributed by atoms with Gasteiger partial charge in [0.1, 0.15) is 12.0 Å². The van der Waals surface area contributed by atoms with Crippen molar-refractivity contribution in [1.82, 2.24) is 10.3 Å². The van der Waals surface area contributed by atoms with E-state index in [2.05, 4.69) is 10.3 Å². The first-order chi connectivity index (χ1) is 12.3. The number of rotatable bonds is 3. The van der Waals surface area contributed by atoms with E-state index in [0.717, 1.165) is 6.20 Å². The summed E-state index contributed by atoms with van der Waals surface area (Å²) in [6.07, 6.45) is 0.132. The second-order valence-electron chi connectivity index (χ2n) is 6.54. The van der Waals surface area contributed by atoms with E-state index in [9.17, 15) is 18.0 Å². The molecule has 1 aromatic carbocycles. The minimum atomic E-state index is -1.31. The summed E-state index contributed by atoms with van der Waals surface area (Å²) in [4.78, 5) is 16.7. The molecular formula is C19H20F3N3O. The number of carbonyl (C=O) groups excluding carboxylic acids is 1. The monoisotopic (exact) mass is 363 g/mol. The Bertz CT molecular complexity index is 828. The molecule has 26 heavy (non-hydrogen) atoms. The highest BCUT2D eigenvalue weighted by Crippen LogP contribution is 2.29. The van der Waals surface area contributed by atoms with E-state index in [1.165, 1.54) is 19.1 Å². The van der Waals surface area contributed by atoms with Crippen molar-refractivity contribution < 1.29 is 18.0 Å². The van der Waals surface area contributed by atoms with Crippen molar-refractivity contribution in [2.45, 2.75) is 32.5 Å². The predicted molar refractivity (Wildman–Crippen MR) is 93.7 cm³/mol. The zero-order valence-corrected chi connectivity index (χ0v) is 14.6. The Morgan fingerprint density at radius 2 is 2.04 bits per heavy atom. The summed E-state index contributed by atoms with van der Waals surface area (Å²) in [5, 5.41) is 2.58. The van der Waals surface area contributed by atoms with Gasteiger partial charge in [0.2, 0.25) is 5.91 Å². The molecule has 0 bridgehead atoms. The minimum Gasteiger partial charge on any atom is -0.366 e. The lowest BCUT2D eigenvalue weighted by molar-refractivity contribution is -0.120. The molecule has 1 aliphatic heterocycles. The SMILES string of the molecule is CC(=O)N[C@H]1CCN(c2cc(-c3ccc(C)c(F)c3)ncc2F)C[C@@H]1F. The van der Waals surface area contributed by atoms with Crippen molar-refractivity contribution in [2.24, 2.45) is 0 Å². The Morgan fingerprint density at radius 1 is 1.27 bits per heavy atom. The number of nitrogens with zero attached hydrogens (tertiary/aromatic N) is 2. The molecule has 0 saturated carbocycles. The van der Waals surface area contributed by atoms with Gasteiger partial charge in [-0.3, -0.25) is 9.78 Å². The van der Waals surface area contributed by atoms with Crippen LogP contribution in [0.25, 0.3) is 11.3 Å². The quantitative estimate of drug-likeness (QED) is 0.909. The number of anilines is 1. The Balaban J connectivity index is 1.84. The predicted octanol–water partition coefficient (Wildman–Crippen LogP) is 3.39. The summed E-state index contributed by atoms with van der Waals surface area (Å²) >= 11 is 0. The first kappa shape index (κ1) is 18.2. The molecule has 138 valence electrons. The lowest BCUT2D eigenvalue weighted by Crippen LogP contribution is -2.52. The van der Waals surface area contributed by atoms with Crippen molar-refractivity contribution in [2.75, 3.05) is 18.0 Å². The van der Waals surface area contributed by atoms with Crippen LogP contribution in [0.1, 0.15) is 18.9 Å². The zero-order chi connectivity index (χ0) is 18.8. The van der Waals surface area contributed by atoms with E-state index >= 15 is 0 Å². The summed E-state index contributed by atoms with van der Waals surface area (Å²) in [6, 6.07) is 5.62. The van der Waals surface area contributed by atoms with Crippen LogP contribution < -0.4 is 10.2 Å². The van der Waals surface area contributed by atoms with Gasteiger partial charge < -0.3 is 10.2 Å². The molecule has 1 aliphatic rings. The van der Waals surface area contributed by atoms with Crippen LogP contribution in [-0.4, -0.2) is 36.2 Å². The van der Waals surface area contributed by atoms with E-state index < -0.39 is 18.0 Å². The summed E-state index contributed by atoms with van der Waals surface area (Å²) in [7, 11) is 0. The van der Waals surface area contributed by atoms with Crippen LogP contribution >= 0.6 is 0 Å². The first-order valence-corrected chi connectivity index (χ1v) is 8.43. The number of alkyl halides is 1. The lowest BCUT2D eigenvalue weighted by Gasteiger charge is -2.36. The number of aryl methyl sites for hydroxylation is 1. The maximum Gasteiger partial charge on any atom is 0.217 e. The molecule has 4 nitrogen and oxygen atoms in total. The number of piperidine rings is 1. The number of amides is 1. The summed E-state index contributed by atoms with van der Waals surface area (Å²) in [5.74, 6) is -1.22. The average molecular weight is 363 g/mol. The number of hydrogen-bond acceptors (Lipinski definition) is 3. The normalized spacial score (nSPS) is 20.1. The topological polar surface area (TPSA) is 45.2 Å². The van der Waals surface area contributed by atoms with Gasteiger partial charge in [0, 0.05) is 19.0 Å². The molecule has 0 aliphatic carbocycles. The van der Waals surface area contributed by atoms with Crippen LogP contribution in [0, 0.1) is 18.6 Å². The fourth-order valence-corrected chi connectivity index (χ4v) is 3.13. The number of halogens is 3. The van der Waals surface area contributed by atoms with Gasteiger partial charge in [-0.1, -0.05) is 12.1 Å². The van der Waals surface area contributed by atoms with Crippen molar-refractivity contribution in [1.29, 1.82) is 0 Å². The lowest BCUT2D eigenvalue weighted by atomic mass is 10.0. The Hall–Kier alpha value is -2.57. The van der Waals surface area contributed by atoms with E-state index in [0.29, 0.717) is 29.8 Å². The van der Waals surface area contributed by atoms with Gasteiger partial charge in [-0.25, -0.2) is 13.2 Å². The Kier molecular flexibility index (Phi) is 5.15. The Labute approximate surface area is 150 Å². The molecule has 0 radical (unpaired) electrons. The van der Waals surface area contributed by atoms with Gasteiger partial charge in [0.05, 0.1) is 30.2 Å². The van der Waals surface area contributed by atoms with Gasteiger partial charge in [-0.2, -0.15) is 0 Å². The molecule has 2 heterocycles. The molecule has 1 amide bonds. The third kappa shape index (κ3) is 3.81. The average Bonchev–Trinajstić information content (AvgIpc) is 2.59. The van der Waals surface area contributed by atoms with Crippen LogP contribution in [0.3, 0.4) is 0 Å². The van der Waals surface area contributed by atoms with Crippen LogP contribution in [-0.2, 0) is 4.79 Å². The van der Waals surface area contributed by atoms with E-state index in [1.54, 1.807) is 24.0 Å². The summed E-state index contributed by atoms with van der Waals surface area (Å²) in [6.45, 7) is 3.36. The molecule has 1 aromatic heterocycles. The number of pyridine rings is 1. The third-order valence-electron chi connectivity index (χ3n) is 4.57. The van der Waals surface area contributed by atoms with Gasteiger partial charge in [0.25, 0.3) is 0 Å². The number of benzene rings is 1. The molecular weight excluding hydrogens is 343 g/mol. The van der Waals surface area contributed by atoms with E-state index in [1.807, 2.05) is 0 Å². The van der Waals surface area contributed by atoms with Crippen LogP contribution in [0.5, 0.6) is 0 Å². The second kappa shape index (κ2) is 7.35. The molecule has 2 atom stereocenters. The second-order valence-corrected chi connectivity index (χ2v) is 6.54. The molecule has 2 aromatic rings. The molecule has 1 fully saturated rings. The first-order valence-electron chi connectivity index (χ1n) is 8.43. The van der Waals surface area contributed by atoms with Gasteiger partial charge in [-0.05, 0) is 31.0 Å². The standard InChI is InChI=1S/C19H20F3N3O/c1-11-3-4-13(7-14(11)20)18-8-19(15(21)9-23-18)25-6-5-17(16(22)10-25)24-12(2)26/h3-4,7-9,16-17H,5-6,10H2,1-2H3,(H,24,26)/t16-,17-/m0/s1. The fraction of sp³-hybridized carbons (Fsp3) is 0.368. The molecule has 3 rings (SSSR count). The molecule has 1 N–H and O–H groups in total. The van der Waals surface area contributed by atoms with Crippen molar-refractivity contribution in [3.63, 3.8) is 0 Å². The highest BCUT2D eigenvalue weighted by Gasteiger charge is 2.31. The maximum absolute atomic E-state index is 14.4. The molecule has 7 heteroatoms. The number of carbonyl (C=O) groups is 1. The van der Waals surface area contributed by atoms with E-state index in [-0.39, 0.29) is 24.0 Å². The zero-order valence-electron chi connectivity index (χ0n) is 14.6. The van der Waals surface area contributed by atoms with Crippen LogP contribution in [0.15, 0.2) is 30.5 Å². The molecule has 1 saturated heterocycles. The van der Waals surface area contributed by atoms with Crippen LogP contribution in [0.4, 0.5) is 18.9 Å². The molecule has 0 spiro atoms. The highest BCUT2D eigenvalue weighted by molar-refractivity contribution is 5.73. The van der Waals surface area contributed by atoms with Crippen LogP contribution in [0.2, 0.25) is 0 Å². The maximum atomic E-state index is 14.4. The number of hydrogen-bond donors (Lipinski definition) is 1. The van der Waals surface area contributed by atoms with E-state index in [4.69, 9.17) is 0 Å². The number of nitrogens with one attached hydrogen (secondary N) is 1. The molecule has 0 unspecified atom stereocenters. The summed E-state index contributed by atoms with van der Waals surface area (Å²) in [5.41, 5.74) is 1.68. The van der Waals surface area contributed by atoms with Crippen molar-refractivity contribution in [3.8, 4) is 11.3 Å². The third-order valence-corrected chi connectivity index (χ3v) is 4.57. The highest BCUT2D eigenvalue weighted by atomic mass is 19.1. The number of aromatic nitrogens is 1. The Morgan fingerprint density at radius 3 is 2.69 bits per heavy atom. The smallest absolute Gasteiger partial charge is 0.217 e. The minimum absolute atomic E-state index is 0.0341. The van der Waals surface area contributed by atoms with Gasteiger partial charge >= 0.3 is 0 Å². The van der Waals surface area contributed by atoms with Crippen molar-refractivity contribution in [3.05, 3.63) is 47.7 Å². The fourth-order valence-electron chi connectivity index (χ4n) is 3.13. The van der Waals surface area contributed by atoms with Gasteiger partial charge in [0.15, 0.2) is 5.82 Å². The van der Waals surface area contributed by atoms with Gasteiger partial charge in [-0.15, -0.1) is 0 Å².